The molecule has 1 aromatic rings. The molecule has 0 unspecified atom stereocenters. The van der Waals surface area contributed by atoms with Gasteiger partial charge in [-0.25, -0.2) is 0 Å². The predicted molar refractivity (Wildman–Crippen MR) is 64.1 cm³/mol. The van der Waals surface area contributed by atoms with Crippen molar-refractivity contribution in [3.05, 3.63) is 33.3 Å². The van der Waals surface area contributed by atoms with E-state index in [1.807, 2.05) is 12.1 Å². The lowest BCUT2D eigenvalue weighted by molar-refractivity contribution is -0.143. The number of carbonyl (C=O) groups excluding carboxylic acids is 1. The van der Waals surface area contributed by atoms with E-state index in [0.717, 1.165) is 10.0 Å². The number of halogens is 2. The molecule has 4 heteroatoms. The van der Waals surface area contributed by atoms with Crippen LogP contribution in [0.5, 0.6) is 0 Å². The van der Waals surface area contributed by atoms with Crippen LogP contribution in [0.15, 0.2) is 22.7 Å². The van der Waals surface area contributed by atoms with Gasteiger partial charge in [-0.15, -0.1) is 0 Å². The smallest absolute Gasteiger partial charge is 0.306 e. The molecule has 0 saturated carbocycles. The molecule has 0 aromatic heterocycles. The summed E-state index contributed by atoms with van der Waals surface area (Å²) >= 11 is 9.27. The second-order valence-electron chi connectivity index (χ2n) is 3.04. The lowest BCUT2D eigenvalue weighted by atomic mass is 10.1. The number of rotatable bonds is 4. The Morgan fingerprint density at radius 1 is 1.53 bits per heavy atom. The van der Waals surface area contributed by atoms with E-state index in [-0.39, 0.29) is 5.97 Å². The highest BCUT2D eigenvalue weighted by atomic mass is 79.9. The van der Waals surface area contributed by atoms with Crippen LogP contribution >= 0.6 is 27.5 Å². The molecule has 0 heterocycles. The molecule has 0 aliphatic carbocycles. The van der Waals surface area contributed by atoms with Crippen molar-refractivity contribution < 1.29 is 9.53 Å². The van der Waals surface area contributed by atoms with E-state index < -0.39 is 0 Å². The minimum absolute atomic E-state index is 0.177. The van der Waals surface area contributed by atoms with Gasteiger partial charge < -0.3 is 4.74 Å². The number of esters is 1. The number of hydrogen-bond acceptors (Lipinski definition) is 2. The number of benzene rings is 1. The van der Waals surface area contributed by atoms with Gasteiger partial charge in [0, 0.05) is 15.9 Å². The minimum Gasteiger partial charge on any atom is -0.466 e. The fourth-order valence-corrected chi connectivity index (χ4v) is 1.84. The summed E-state index contributed by atoms with van der Waals surface area (Å²) in [6.07, 6.45) is 1.02. The molecule has 0 aliphatic rings. The number of carbonyl (C=O) groups is 1. The zero-order valence-electron chi connectivity index (χ0n) is 8.43. The molecular formula is C11H12BrClO2. The van der Waals surface area contributed by atoms with Crippen molar-refractivity contribution in [3.8, 4) is 0 Å². The van der Waals surface area contributed by atoms with Crippen LogP contribution in [0.4, 0.5) is 0 Å². The summed E-state index contributed by atoms with van der Waals surface area (Å²) in [6.45, 7) is 2.22. The van der Waals surface area contributed by atoms with E-state index in [9.17, 15) is 4.79 Å². The van der Waals surface area contributed by atoms with Gasteiger partial charge in [0.2, 0.25) is 0 Å². The molecule has 0 N–H and O–H groups in total. The zero-order valence-corrected chi connectivity index (χ0v) is 10.8. The van der Waals surface area contributed by atoms with Crippen molar-refractivity contribution in [2.75, 3.05) is 6.61 Å². The molecule has 2 nitrogen and oxygen atoms in total. The van der Waals surface area contributed by atoms with Crippen LogP contribution in [0, 0.1) is 0 Å². The lowest BCUT2D eigenvalue weighted by Crippen LogP contribution is -2.05. The van der Waals surface area contributed by atoms with Crippen molar-refractivity contribution in [1.82, 2.24) is 0 Å². The van der Waals surface area contributed by atoms with Crippen LogP contribution in [0.1, 0.15) is 18.9 Å². The van der Waals surface area contributed by atoms with E-state index in [2.05, 4.69) is 15.9 Å². The first-order valence-corrected chi connectivity index (χ1v) is 5.90. The highest BCUT2D eigenvalue weighted by molar-refractivity contribution is 9.10. The maximum absolute atomic E-state index is 11.1. The predicted octanol–water partition coefficient (Wildman–Crippen LogP) is 3.60. The first-order valence-electron chi connectivity index (χ1n) is 4.73. The van der Waals surface area contributed by atoms with E-state index >= 15 is 0 Å². The Morgan fingerprint density at radius 3 is 2.93 bits per heavy atom. The topological polar surface area (TPSA) is 26.3 Å². The number of ether oxygens (including phenoxy) is 1. The highest BCUT2D eigenvalue weighted by Gasteiger charge is 2.05. The summed E-state index contributed by atoms with van der Waals surface area (Å²) in [7, 11) is 0. The summed E-state index contributed by atoms with van der Waals surface area (Å²) in [5.41, 5.74) is 1.02. The fourth-order valence-electron chi connectivity index (χ4n) is 1.20. The molecule has 0 bridgehead atoms. The Bertz CT molecular complexity index is 352. The van der Waals surface area contributed by atoms with Crippen LogP contribution in [0.25, 0.3) is 0 Å². The first kappa shape index (κ1) is 12.5. The molecule has 15 heavy (non-hydrogen) atoms. The molecular weight excluding hydrogens is 279 g/mol. The van der Waals surface area contributed by atoms with Crippen LogP contribution < -0.4 is 0 Å². The molecule has 0 atom stereocenters. The Hall–Kier alpha value is -0.540. The number of hydrogen-bond donors (Lipinski definition) is 0. The third-order valence-corrected chi connectivity index (χ3v) is 2.92. The van der Waals surface area contributed by atoms with Gasteiger partial charge in [-0.1, -0.05) is 27.5 Å². The van der Waals surface area contributed by atoms with Crippen molar-refractivity contribution in [2.24, 2.45) is 0 Å². The van der Waals surface area contributed by atoms with Gasteiger partial charge in [0.25, 0.3) is 0 Å². The Balaban J connectivity index is 2.57. The van der Waals surface area contributed by atoms with E-state index in [4.69, 9.17) is 16.3 Å². The SMILES string of the molecule is CCOC(=O)CCc1cc(Cl)ccc1Br. The summed E-state index contributed by atoms with van der Waals surface area (Å²) < 4.78 is 5.82. The zero-order chi connectivity index (χ0) is 11.3. The first-order chi connectivity index (χ1) is 7.13. The normalized spacial score (nSPS) is 10.1. The van der Waals surface area contributed by atoms with Gasteiger partial charge in [-0.2, -0.15) is 0 Å². The Kier molecular flexibility index (Phi) is 5.12. The minimum atomic E-state index is -0.177. The van der Waals surface area contributed by atoms with Crippen molar-refractivity contribution in [3.63, 3.8) is 0 Å². The molecule has 0 radical (unpaired) electrons. The van der Waals surface area contributed by atoms with Crippen molar-refractivity contribution in [2.45, 2.75) is 19.8 Å². The summed E-state index contributed by atoms with van der Waals surface area (Å²) in [4.78, 5) is 11.1. The lowest BCUT2D eigenvalue weighted by Gasteiger charge is -2.05. The highest BCUT2D eigenvalue weighted by Crippen LogP contribution is 2.22. The van der Waals surface area contributed by atoms with Gasteiger partial charge in [0.1, 0.15) is 0 Å². The standard InChI is InChI=1S/C11H12BrClO2/c1-2-15-11(14)6-3-8-7-9(13)4-5-10(8)12/h4-5,7H,2-3,6H2,1H3. The molecule has 0 aliphatic heterocycles. The second kappa shape index (κ2) is 6.13. The molecule has 0 amide bonds. The van der Waals surface area contributed by atoms with Crippen LogP contribution in [-0.2, 0) is 16.0 Å². The van der Waals surface area contributed by atoms with E-state index in [0.29, 0.717) is 24.5 Å². The van der Waals surface area contributed by atoms with Gasteiger partial charge in [0.05, 0.1) is 6.61 Å². The maximum atomic E-state index is 11.1. The monoisotopic (exact) mass is 290 g/mol. The van der Waals surface area contributed by atoms with Crippen molar-refractivity contribution >= 4 is 33.5 Å². The van der Waals surface area contributed by atoms with Crippen LogP contribution in [0.3, 0.4) is 0 Å². The van der Waals surface area contributed by atoms with E-state index in [1.165, 1.54) is 0 Å². The van der Waals surface area contributed by atoms with E-state index in [1.54, 1.807) is 13.0 Å². The summed E-state index contributed by atoms with van der Waals surface area (Å²) in [6, 6.07) is 5.53. The average molecular weight is 292 g/mol. The van der Waals surface area contributed by atoms with Crippen LogP contribution in [0.2, 0.25) is 5.02 Å². The molecule has 1 aromatic carbocycles. The largest absolute Gasteiger partial charge is 0.466 e. The van der Waals surface area contributed by atoms with Gasteiger partial charge in [0.15, 0.2) is 0 Å². The average Bonchev–Trinajstić information content (AvgIpc) is 2.20. The molecule has 0 saturated heterocycles. The maximum Gasteiger partial charge on any atom is 0.306 e. The van der Waals surface area contributed by atoms with Crippen molar-refractivity contribution in [1.29, 1.82) is 0 Å². The second-order valence-corrected chi connectivity index (χ2v) is 4.33. The third-order valence-electron chi connectivity index (χ3n) is 1.91. The van der Waals surface area contributed by atoms with Gasteiger partial charge >= 0.3 is 5.97 Å². The third kappa shape index (κ3) is 4.22. The Morgan fingerprint density at radius 2 is 2.27 bits per heavy atom. The van der Waals surface area contributed by atoms with Crippen LogP contribution in [-0.4, -0.2) is 12.6 Å². The fraction of sp³-hybridized carbons (Fsp3) is 0.364. The summed E-state index contributed by atoms with van der Waals surface area (Å²) in [5.74, 6) is -0.177. The molecule has 0 spiro atoms. The quantitative estimate of drug-likeness (QED) is 0.792. The molecule has 82 valence electrons. The molecule has 0 fully saturated rings. The molecule has 1 rings (SSSR count). The number of aryl methyl sites for hydroxylation is 1. The van der Waals surface area contributed by atoms with Gasteiger partial charge in [-0.3, -0.25) is 4.79 Å². The van der Waals surface area contributed by atoms with Gasteiger partial charge in [-0.05, 0) is 37.1 Å². The summed E-state index contributed by atoms with van der Waals surface area (Å²) in [5, 5.41) is 0.678. The Labute approximate surface area is 103 Å².